The van der Waals surface area contributed by atoms with Crippen molar-refractivity contribution in [1.29, 1.82) is 0 Å². The quantitative estimate of drug-likeness (QED) is 0.914. The van der Waals surface area contributed by atoms with Crippen LogP contribution in [-0.2, 0) is 4.74 Å². The molecule has 2 aliphatic rings. The van der Waals surface area contributed by atoms with E-state index in [4.69, 9.17) is 4.74 Å². The van der Waals surface area contributed by atoms with E-state index in [9.17, 15) is 9.90 Å². The van der Waals surface area contributed by atoms with Gasteiger partial charge in [-0.2, -0.15) is 0 Å². The maximum atomic E-state index is 13.0. The molecule has 1 aromatic carbocycles. The minimum atomic E-state index is -0.205. The van der Waals surface area contributed by atoms with Gasteiger partial charge >= 0.3 is 0 Å². The number of aryl methyl sites for hydroxylation is 1. The molecule has 1 atom stereocenters. The molecule has 0 radical (unpaired) electrons. The maximum Gasteiger partial charge on any atom is 0.276 e. The second-order valence-corrected chi connectivity index (χ2v) is 7.10. The third-order valence-corrected chi connectivity index (χ3v) is 5.45. The topological polar surface area (TPSA) is 62.7 Å². The molecule has 3 heterocycles. The molecular formula is C20H22N2O3. The highest BCUT2D eigenvalue weighted by Crippen LogP contribution is 2.55. The van der Waals surface area contributed by atoms with Crippen molar-refractivity contribution in [3.05, 3.63) is 59.4 Å². The number of benzene rings is 1. The first kappa shape index (κ1) is 16.1. The number of aromatic nitrogens is 1. The van der Waals surface area contributed by atoms with Crippen molar-refractivity contribution in [2.75, 3.05) is 19.8 Å². The fourth-order valence-electron chi connectivity index (χ4n) is 4.16. The van der Waals surface area contributed by atoms with Gasteiger partial charge in [0.25, 0.3) is 5.91 Å². The number of hydrogen-bond donors (Lipinski definition) is 1. The second-order valence-electron chi connectivity index (χ2n) is 7.10. The lowest BCUT2D eigenvalue weighted by Gasteiger charge is -2.59. The van der Waals surface area contributed by atoms with Crippen molar-refractivity contribution in [3.63, 3.8) is 0 Å². The highest BCUT2D eigenvalue weighted by atomic mass is 16.5. The molecule has 0 unspecified atom stereocenters. The van der Waals surface area contributed by atoms with Crippen molar-refractivity contribution in [2.24, 2.45) is 5.41 Å². The van der Waals surface area contributed by atoms with E-state index >= 15 is 0 Å². The number of rotatable bonds is 2. The molecule has 2 saturated heterocycles. The van der Waals surface area contributed by atoms with Crippen LogP contribution in [0.3, 0.4) is 0 Å². The fourth-order valence-corrected chi connectivity index (χ4v) is 4.16. The van der Waals surface area contributed by atoms with Crippen LogP contribution in [0, 0.1) is 12.3 Å². The first-order valence-corrected chi connectivity index (χ1v) is 8.70. The van der Waals surface area contributed by atoms with E-state index in [-0.39, 0.29) is 28.8 Å². The third-order valence-electron chi connectivity index (χ3n) is 5.45. The highest BCUT2D eigenvalue weighted by Gasteiger charge is 2.55. The molecule has 1 amide bonds. The molecule has 25 heavy (non-hydrogen) atoms. The summed E-state index contributed by atoms with van der Waals surface area (Å²) < 4.78 is 5.54. The van der Waals surface area contributed by atoms with Gasteiger partial charge in [0.15, 0.2) is 5.69 Å². The molecule has 1 N–H and O–H groups in total. The number of pyridine rings is 1. The number of ether oxygens (including phenoxy) is 1. The van der Waals surface area contributed by atoms with E-state index in [0.29, 0.717) is 6.54 Å². The zero-order valence-corrected chi connectivity index (χ0v) is 14.3. The van der Waals surface area contributed by atoms with Gasteiger partial charge in [-0.05, 0) is 37.0 Å². The average molecular weight is 338 g/mol. The standard InChI is InChI=1S/C20H22N2O3/c1-14-11-16(23)17(21-12-14)19(24)22-13-20(7-9-25-10-8-20)18(22)15-5-3-2-4-6-15/h2-6,11-12,18,23H,7-10,13H2,1H3/t18-/m0/s1. The van der Waals surface area contributed by atoms with Crippen LogP contribution in [-0.4, -0.2) is 40.7 Å². The van der Waals surface area contributed by atoms with Crippen LogP contribution in [0.2, 0.25) is 0 Å². The third kappa shape index (κ3) is 2.68. The number of carbonyl (C=O) groups excluding carboxylic acids is 1. The Balaban J connectivity index is 1.68. The first-order valence-electron chi connectivity index (χ1n) is 8.70. The van der Waals surface area contributed by atoms with Gasteiger partial charge in [0.1, 0.15) is 5.75 Å². The van der Waals surface area contributed by atoms with Gasteiger partial charge in [0, 0.05) is 31.4 Å². The van der Waals surface area contributed by atoms with Crippen molar-refractivity contribution in [2.45, 2.75) is 25.8 Å². The smallest absolute Gasteiger partial charge is 0.276 e. The van der Waals surface area contributed by atoms with E-state index in [1.165, 1.54) is 0 Å². The molecule has 0 aliphatic carbocycles. The van der Waals surface area contributed by atoms with Crippen LogP contribution >= 0.6 is 0 Å². The highest BCUT2D eigenvalue weighted by molar-refractivity contribution is 5.96. The van der Waals surface area contributed by atoms with E-state index in [1.807, 2.05) is 30.0 Å². The summed E-state index contributed by atoms with van der Waals surface area (Å²) >= 11 is 0. The zero-order valence-electron chi connectivity index (χ0n) is 14.3. The minimum absolute atomic E-state index is 0.00704. The maximum absolute atomic E-state index is 13.0. The summed E-state index contributed by atoms with van der Waals surface area (Å²) in [6.07, 6.45) is 3.52. The Labute approximate surface area is 147 Å². The number of nitrogens with zero attached hydrogens (tertiary/aromatic N) is 2. The Morgan fingerprint density at radius 1 is 1.28 bits per heavy atom. The average Bonchev–Trinajstić information content (AvgIpc) is 2.61. The molecule has 2 fully saturated rings. The lowest BCUT2D eigenvalue weighted by Crippen LogP contribution is -2.62. The van der Waals surface area contributed by atoms with Crippen LogP contribution in [0.1, 0.15) is 40.5 Å². The fraction of sp³-hybridized carbons (Fsp3) is 0.400. The van der Waals surface area contributed by atoms with Crippen LogP contribution in [0.25, 0.3) is 0 Å². The van der Waals surface area contributed by atoms with Gasteiger partial charge < -0.3 is 14.7 Å². The van der Waals surface area contributed by atoms with E-state index in [0.717, 1.165) is 37.2 Å². The molecule has 1 aromatic heterocycles. The lowest BCUT2D eigenvalue weighted by atomic mass is 9.64. The predicted octanol–water partition coefficient (Wildman–Crippen LogP) is 3.09. The van der Waals surface area contributed by atoms with Crippen molar-refractivity contribution in [1.82, 2.24) is 9.88 Å². The van der Waals surface area contributed by atoms with Crippen LogP contribution in [0.4, 0.5) is 0 Å². The SMILES string of the molecule is Cc1cnc(C(=O)N2CC3(CCOCC3)[C@@H]2c2ccccc2)c(O)c1. The second kappa shape index (κ2) is 6.15. The summed E-state index contributed by atoms with van der Waals surface area (Å²) in [6, 6.07) is 11.7. The summed E-state index contributed by atoms with van der Waals surface area (Å²) in [5.41, 5.74) is 2.16. The molecule has 5 heteroatoms. The molecule has 5 nitrogen and oxygen atoms in total. The normalized spacial score (nSPS) is 21.8. The van der Waals surface area contributed by atoms with Crippen molar-refractivity contribution < 1.29 is 14.6 Å². The molecule has 4 rings (SSSR count). The Kier molecular flexibility index (Phi) is 3.96. The van der Waals surface area contributed by atoms with Crippen LogP contribution in [0.5, 0.6) is 5.75 Å². The van der Waals surface area contributed by atoms with Crippen molar-refractivity contribution in [3.8, 4) is 5.75 Å². The Morgan fingerprint density at radius 3 is 2.68 bits per heavy atom. The Morgan fingerprint density at radius 2 is 2.00 bits per heavy atom. The predicted molar refractivity (Wildman–Crippen MR) is 93.3 cm³/mol. The minimum Gasteiger partial charge on any atom is -0.505 e. The summed E-state index contributed by atoms with van der Waals surface area (Å²) in [7, 11) is 0. The van der Waals surface area contributed by atoms with Crippen LogP contribution < -0.4 is 0 Å². The number of amides is 1. The molecule has 130 valence electrons. The first-order chi connectivity index (χ1) is 12.1. The van der Waals surface area contributed by atoms with Gasteiger partial charge in [0.2, 0.25) is 0 Å². The van der Waals surface area contributed by atoms with Gasteiger partial charge in [-0.3, -0.25) is 4.79 Å². The number of aromatic hydroxyl groups is 1. The molecule has 0 saturated carbocycles. The van der Waals surface area contributed by atoms with E-state index in [1.54, 1.807) is 12.3 Å². The van der Waals surface area contributed by atoms with E-state index < -0.39 is 0 Å². The van der Waals surface area contributed by atoms with Gasteiger partial charge in [0.05, 0.1) is 6.04 Å². The van der Waals surface area contributed by atoms with Crippen molar-refractivity contribution >= 4 is 5.91 Å². The Bertz CT molecular complexity index is 785. The van der Waals surface area contributed by atoms with Gasteiger partial charge in [-0.25, -0.2) is 4.98 Å². The van der Waals surface area contributed by atoms with Crippen LogP contribution in [0.15, 0.2) is 42.6 Å². The summed E-state index contributed by atoms with van der Waals surface area (Å²) in [4.78, 5) is 19.1. The lowest BCUT2D eigenvalue weighted by molar-refractivity contribution is -0.115. The zero-order chi connectivity index (χ0) is 17.4. The molecular weight excluding hydrogens is 316 g/mol. The number of carbonyl (C=O) groups is 1. The molecule has 2 aliphatic heterocycles. The molecule has 0 bridgehead atoms. The monoisotopic (exact) mass is 338 g/mol. The van der Waals surface area contributed by atoms with Gasteiger partial charge in [-0.1, -0.05) is 30.3 Å². The number of likely N-dealkylation sites (tertiary alicyclic amines) is 1. The molecule has 2 aromatic rings. The van der Waals surface area contributed by atoms with E-state index in [2.05, 4.69) is 17.1 Å². The Hall–Kier alpha value is -2.40. The van der Waals surface area contributed by atoms with Gasteiger partial charge in [-0.15, -0.1) is 0 Å². The summed E-state index contributed by atoms with van der Waals surface area (Å²) in [5, 5.41) is 10.2. The largest absolute Gasteiger partial charge is 0.505 e. The summed E-state index contributed by atoms with van der Waals surface area (Å²) in [6.45, 7) is 4.00. The summed E-state index contributed by atoms with van der Waals surface area (Å²) in [5.74, 6) is -0.256. The number of hydrogen-bond acceptors (Lipinski definition) is 4. The molecule has 1 spiro atoms.